The molecule has 4 heteroatoms. The Labute approximate surface area is 45.8 Å². The van der Waals surface area contributed by atoms with Gasteiger partial charge >= 0.3 is 6.09 Å². The highest BCUT2D eigenvalue weighted by atomic mass is 19.1. The molecule has 1 amide bonds. The Balaban J connectivity index is 2.32. The second-order valence-electron chi connectivity index (χ2n) is 1.59. The number of alkyl halides is 1. The number of amides is 1. The molecule has 0 bridgehead atoms. The standard InChI is InChI=1S/C4H6FNO2/c5-1-3-2-8-4(7)6-3/h3H,1-2H2,(H,6,7)/t3-/m1/s1. The molecule has 0 spiro atoms. The first-order valence-corrected chi connectivity index (χ1v) is 2.32. The number of carbonyl (C=O) groups is 1. The summed E-state index contributed by atoms with van der Waals surface area (Å²) in [6.45, 7) is -0.388. The molecular formula is C4H6FNO2. The fourth-order valence-electron chi connectivity index (χ4n) is 0.509. The largest absolute Gasteiger partial charge is 0.447 e. The molecule has 8 heavy (non-hydrogen) atoms. The van der Waals surface area contributed by atoms with Crippen LogP contribution in [0.25, 0.3) is 0 Å². The van der Waals surface area contributed by atoms with Crippen molar-refractivity contribution in [3.8, 4) is 0 Å². The molecule has 1 aliphatic rings. The van der Waals surface area contributed by atoms with Crippen molar-refractivity contribution in [2.24, 2.45) is 0 Å². The van der Waals surface area contributed by atoms with E-state index in [-0.39, 0.29) is 6.61 Å². The fourth-order valence-corrected chi connectivity index (χ4v) is 0.509. The van der Waals surface area contributed by atoms with Gasteiger partial charge in [-0.25, -0.2) is 9.18 Å². The van der Waals surface area contributed by atoms with Gasteiger partial charge in [0.25, 0.3) is 0 Å². The average molecular weight is 119 g/mol. The zero-order valence-electron chi connectivity index (χ0n) is 4.19. The molecule has 1 fully saturated rings. The van der Waals surface area contributed by atoms with E-state index in [0.717, 1.165) is 0 Å². The molecule has 0 aromatic carbocycles. The SMILES string of the molecule is O=C1N[C@H](CF)CO1. The lowest BCUT2D eigenvalue weighted by molar-refractivity contribution is 0.176. The summed E-state index contributed by atoms with van der Waals surface area (Å²) in [7, 11) is 0. The molecule has 1 N–H and O–H groups in total. The van der Waals surface area contributed by atoms with Crippen LogP contribution in [0, 0.1) is 0 Å². The smallest absolute Gasteiger partial charge is 0.407 e. The highest BCUT2D eigenvalue weighted by Gasteiger charge is 2.20. The van der Waals surface area contributed by atoms with E-state index >= 15 is 0 Å². The van der Waals surface area contributed by atoms with Gasteiger partial charge in [-0.05, 0) is 0 Å². The maximum Gasteiger partial charge on any atom is 0.407 e. The lowest BCUT2D eigenvalue weighted by Crippen LogP contribution is -2.27. The molecule has 0 unspecified atom stereocenters. The minimum absolute atomic E-state index is 0.162. The Morgan fingerprint density at radius 1 is 2.00 bits per heavy atom. The topological polar surface area (TPSA) is 38.3 Å². The minimum Gasteiger partial charge on any atom is -0.447 e. The van der Waals surface area contributed by atoms with Crippen LogP contribution in [0.3, 0.4) is 0 Å². The van der Waals surface area contributed by atoms with E-state index in [4.69, 9.17) is 0 Å². The predicted octanol–water partition coefficient (Wildman–Crippen LogP) is 0.0643. The number of carbonyl (C=O) groups excluding carboxylic acids is 1. The van der Waals surface area contributed by atoms with Crippen molar-refractivity contribution in [2.75, 3.05) is 13.3 Å². The summed E-state index contributed by atoms with van der Waals surface area (Å²) in [5, 5.41) is 2.27. The lowest BCUT2D eigenvalue weighted by atomic mass is 10.4. The number of nitrogens with one attached hydrogen (secondary N) is 1. The van der Waals surface area contributed by atoms with Crippen LogP contribution in [-0.4, -0.2) is 25.4 Å². The first kappa shape index (κ1) is 5.34. The van der Waals surface area contributed by atoms with Crippen LogP contribution in [-0.2, 0) is 4.74 Å². The average Bonchev–Trinajstić information content (AvgIpc) is 2.14. The van der Waals surface area contributed by atoms with E-state index in [0.29, 0.717) is 0 Å². The molecule has 1 atom stereocenters. The van der Waals surface area contributed by atoms with Crippen molar-refractivity contribution in [2.45, 2.75) is 6.04 Å². The summed E-state index contributed by atoms with van der Waals surface area (Å²) in [6, 6.07) is -0.414. The molecule has 0 saturated carbocycles. The van der Waals surface area contributed by atoms with Gasteiger partial charge in [-0.1, -0.05) is 0 Å². The summed E-state index contributed by atoms with van der Waals surface area (Å²) >= 11 is 0. The number of alkyl carbamates (subject to hydrolysis) is 1. The maximum absolute atomic E-state index is 11.6. The lowest BCUT2D eigenvalue weighted by Gasteiger charge is -1.95. The van der Waals surface area contributed by atoms with Crippen molar-refractivity contribution in [1.82, 2.24) is 5.32 Å². The number of hydrogen-bond donors (Lipinski definition) is 1. The molecule has 1 heterocycles. The van der Waals surface area contributed by atoms with Gasteiger partial charge in [0, 0.05) is 0 Å². The van der Waals surface area contributed by atoms with Crippen LogP contribution in [0.5, 0.6) is 0 Å². The van der Waals surface area contributed by atoms with Gasteiger partial charge in [-0.3, -0.25) is 0 Å². The quantitative estimate of drug-likeness (QED) is 0.530. The van der Waals surface area contributed by atoms with Crippen molar-refractivity contribution < 1.29 is 13.9 Å². The number of rotatable bonds is 1. The summed E-state index contributed by atoms with van der Waals surface area (Å²) in [6.07, 6.45) is -0.521. The third-order valence-corrected chi connectivity index (χ3v) is 0.924. The van der Waals surface area contributed by atoms with Crippen molar-refractivity contribution in [3.63, 3.8) is 0 Å². The highest BCUT2D eigenvalue weighted by Crippen LogP contribution is 1.96. The maximum atomic E-state index is 11.6. The molecule has 0 aromatic heterocycles. The van der Waals surface area contributed by atoms with E-state index in [1.807, 2.05) is 0 Å². The highest BCUT2D eigenvalue weighted by molar-refractivity contribution is 5.69. The summed E-state index contributed by atoms with van der Waals surface area (Å²) in [4.78, 5) is 10.1. The molecule has 3 nitrogen and oxygen atoms in total. The van der Waals surface area contributed by atoms with Gasteiger partial charge < -0.3 is 10.1 Å². The molecule has 0 aromatic rings. The van der Waals surface area contributed by atoms with Gasteiger partial charge in [-0.15, -0.1) is 0 Å². The third kappa shape index (κ3) is 0.882. The van der Waals surface area contributed by atoms with Gasteiger partial charge in [0.1, 0.15) is 13.3 Å². The first-order valence-electron chi connectivity index (χ1n) is 2.32. The second-order valence-corrected chi connectivity index (χ2v) is 1.59. The van der Waals surface area contributed by atoms with Crippen LogP contribution in [0.4, 0.5) is 9.18 Å². The van der Waals surface area contributed by atoms with Crippen molar-refractivity contribution in [1.29, 1.82) is 0 Å². The third-order valence-electron chi connectivity index (χ3n) is 0.924. The van der Waals surface area contributed by atoms with Gasteiger partial charge in [0.05, 0.1) is 6.04 Å². The van der Waals surface area contributed by atoms with E-state index < -0.39 is 18.8 Å². The molecule has 1 saturated heterocycles. The molecule has 0 radical (unpaired) electrons. The molecule has 1 rings (SSSR count). The monoisotopic (exact) mass is 119 g/mol. The van der Waals surface area contributed by atoms with E-state index in [1.165, 1.54) is 0 Å². The molecule has 0 aliphatic carbocycles. The Morgan fingerprint density at radius 2 is 2.75 bits per heavy atom. The zero-order chi connectivity index (χ0) is 5.98. The molecule has 46 valence electrons. The summed E-state index contributed by atoms with van der Waals surface area (Å²) < 4.78 is 15.9. The Bertz CT molecular complexity index is 106. The predicted molar refractivity (Wildman–Crippen MR) is 24.2 cm³/mol. The first-order chi connectivity index (χ1) is 3.83. The van der Waals surface area contributed by atoms with Gasteiger partial charge in [0.2, 0.25) is 0 Å². The minimum atomic E-state index is -0.550. The fraction of sp³-hybridized carbons (Fsp3) is 0.750. The van der Waals surface area contributed by atoms with Gasteiger partial charge in [0.15, 0.2) is 0 Å². The Kier molecular flexibility index (Phi) is 1.32. The van der Waals surface area contributed by atoms with Crippen LogP contribution in [0.1, 0.15) is 0 Å². The van der Waals surface area contributed by atoms with Crippen LogP contribution < -0.4 is 5.32 Å². The zero-order valence-corrected chi connectivity index (χ0v) is 4.19. The second kappa shape index (κ2) is 1.98. The molecular weight excluding hydrogens is 113 g/mol. The van der Waals surface area contributed by atoms with Crippen molar-refractivity contribution >= 4 is 6.09 Å². The van der Waals surface area contributed by atoms with Crippen LogP contribution in [0.2, 0.25) is 0 Å². The van der Waals surface area contributed by atoms with E-state index in [9.17, 15) is 9.18 Å². The number of cyclic esters (lactones) is 1. The van der Waals surface area contributed by atoms with Gasteiger partial charge in [-0.2, -0.15) is 0 Å². The summed E-state index contributed by atoms with van der Waals surface area (Å²) in [5.41, 5.74) is 0. The Hall–Kier alpha value is -0.800. The van der Waals surface area contributed by atoms with E-state index in [1.54, 1.807) is 0 Å². The van der Waals surface area contributed by atoms with Crippen LogP contribution in [0.15, 0.2) is 0 Å². The van der Waals surface area contributed by atoms with Crippen LogP contribution >= 0.6 is 0 Å². The number of ether oxygens (including phenoxy) is 1. The summed E-state index contributed by atoms with van der Waals surface area (Å²) in [5.74, 6) is 0. The van der Waals surface area contributed by atoms with E-state index in [2.05, 4.69) is 10.1 Å². The Morgan fingerprint density at radius 3 is 3.00 bits per heavy atom. The van der Waals surface area contributed by atoms with Crippen molar-refractivity contribution in [3.05, 3.63) is 0 Å². The normalized spacial score (nSPS) is 27.1. The number of halogens is 1. The number of hydrogen-bond acceptors (Lipinski definition) is 2. The molecule has 1 aliphatic heterocycles.